The summed E-state index contributed by atoms with van der Waals surface area (Å²) in [6.07, 6.45) is 6.71. The van der Waals surface area contributed by atoms with E-state index in [0.717, 1.165) is 25.2 Å². The monoisotopic (exact) mass is 216 g/mol. The second-order valence-corrected chi connectivity index (χ2v) is 4.62. The molecule has 16 heavy (non-hydrogen) atoms. The Bertz CT molecular complexity index is 515. The van der Waals surface area contributed by atoms with Crippen LogP contribution in [0.25, 0.3) is 5.65 Å². The van der Waals surface area contributed by atoms with Crippen molar-refractivity contribution in [3.8, 4) is 0 Å². The highest BCUT2D eigenvalue weighted by Crippen LogP contribution is 2.21. The Labute approximate surface area is 94.9 Å². The topological polar surface area (TPSA) is 33.4 Å². The molecule has 0 amide bonds. The van der Waals surface area contributed by atoms with Gasteiger partial charge in [-0.05, 0) is 13.8 Å². The maximum Gasteiger partial charge on any atom is 0.155 e. The highest BCUT2D eigenvalue weighted by atomic mass is 15.2. The van der Waals surface area contributed by atoms with Crippen LogP contribution in [0.1, 0.15) is 25.2 Å². The molecule has 1 aliphatic rings. The molecular formula is C12H16N4. The summed E-state index contributed by atoms with van der Waals surface area (Å²) in [7, 11) is 0. The van der Waals surface area contributed by atoms with Gasteiger partial charge in [-0.2, -0.15) is 0 Å². The van der Waals surface area contributed by atoms with E-state index in [1.165, 1.54) is 11.4 Å². The quantitative estimate of drug-likeness (QED) is 0.724. The number of rotatable bonds is 1. The lowest BCUT2D eigenvalue weighted by atomic mass is 10.1. The van der Waals surface area contributed by atoms with Crippen molar-refractivity contribution in [2.24, 2.45) is 0 Å². The van der Waals surface area contributed by atoms with Gasteiger partial charge < -0.3 is 0 Å². The zero-order valence-electron chi connectivity index (χ0n) is 9.72. The molecule has 0 aromatic carbocycles. The average Bonchev–Trinajstić information content (AvgIpc) is 2.66. The third kappa shape index (κ3) is 1.41. The number of nitrogens with zero attached hydrogens (tertiary/aromatic N) is 4. The molecule has 4 heteroatoms. The van der Waals surface area contributed by atoms with E-state index in [4.69, 9.17) is 0 Å². The number of hydrogen-bond acceptors (Lipinski definition) is 3. The van der Waals surface area contributed by atoms with Crippen molar-refractivity contribution in [1.29, 1.82) is 0 Å². The molecule has 0 aliphatic carbocycles. The number of aromatic nitrogens is 3. The second kappa shape index (κ2) is 3.56. The normalized spacial score (nSPS) is 16.9. The third-order valence-electron chi connectivity index (χ3n) is 3.33. The Kier molecular flexibility index (Phi) is 2.17. The molecule has 2 aromatic rings. The molecule has 2 aromatic heterocycles. The molecule has 0 atom stereocenters. The summed E-state index contributed by atoms with van der Waals surface area (Å²) >= 11 is 0. The van der Waals surface area contributed by atoms with Crippen molar-refractivity contribution in [1.82, 2.24) is 19.3 Å². The van der Waals surface area contributed by atoms with Gasteiger partial charge in [-0.1, -0.05) is 0 Å². The SMILES string of the molecule is CC(C)N1CCc2nc3cnccn3c2C1. The van der Waals surface area contributed by atoms with Gasteiger partial charge in [0.05, 0.1) is 17.6 Å². The van der Waals surface area contributed by atoms with Gasteiger partial charge in [-0.3, -0.25) is 14.3 Å². The van der Waals surface area contributed by atoms with Crippen LogP contribution in [0.4, 0.5) is 0 Å². The highest BCUT2D eigenvalue weighted by molar-refractivity contribution is 5.41. The molecule has 0 unspecified atom stereocenters. The van der Waals surface area contributed by atoms with Gasteiger partial charge in [0.2, 0.25) is 0 Å². The van der Waals surface area contributed by atoms with Crippen molar-refractivity contribution < 1.29 is 0 Å². The van der Waals surface area contributed by atoms with E-state index in [1.807, 2.05) is 18.6 Å². The molecule has 3 heterocycles. The lowest BCUT2D eigenvalue weighted by Gasteiger charge is -2.29. The van der Waals surface area contributed by atoms with Gasteiger partial charge in [0.1, 0.15) is 0 Å². The van der Waals surface area contributed by atoms with Crippen molar-refractivity contribution in [3.05, 3.63) is 30.0 Å². The van der Waals surface area contributed by atoms with E-state index in [0.29, 0.717) is 6.04 Å². The highest BCUT2D eigenvalue weighted by Gasteiger charge is 2.22. The third-order valence-corrected chi connectivity index (χ3v) is 3.33. The zero-order valence-corrected chi connectivity index (χ0v) is 9.72. The molecule has 84 valence electrons. The number of fused-ring (bicyclic) bond motifs is 3. The first-order chi connectivity index (χ1) is 7.75. The first-order valence-corrected chi connectivity index (χ1v) is 5.79. The Morgan fingerprint density at radius 3 is 3.06 bits per heavy atom. The van der Waals surface area contributed by atoms with Crippen molar-refractivity contribution in [2.75, 3.05) is 6.54 Å². The van der Waals surface area contributed by atoms with Crippen LogP contribution in [-0.4, -0.2) is 31.9 Å². The number of imidazole rings is 1. The van der Waals surface area contributed by atoms with E-state index in [1.54, 1.807) is 0 Å². The lowest BCUT2D eigenvalue weighted by molar-refractivity contribution is 0.199. The maximum atomic E-state index is 4.62. The molecule has 0 fully saturated rings. The molecule has 1 aliphatic heterocycles. The van der Waals surface area contributed by atoms with Crippen LogP contribution in [0, 0.1) is 0 Å². The van der Waals surface area contributed by atoms with Crippen LogP contribution in [-0.2, 0) is 13.0 Å². The molecule has 0 radical (unpaired) electrons. The van der Waals surface area contributed by atoms with Gasteiger partial charge in [-0.25, -0.2) is 4.98 Å². The average molecular weight is 216 g/mol. The Morgan fingerprint density at radius 2 is 2.25 bits per heavy atom. The fourth-order valence-corrected chi connectivity index (χ4v) is 2.34. The van der Waals surface area contributed by atoms with Crippen LogP contribution < -0.4 is 0 Å². The fraction of sp³-hybridized carbons (Fsp3) is 0.500. The van der Waals surface area contributed by atoms with Gasteiger partial charge in [-0.15, -0.1) is 0 Å². The summed E-state index contributed by atoms with van der Waals surface area (Å²) < 4.78 is 2.16. The van der Waals surface area contributed by atoms with E-state index in [-0.39, 0.29) is 0 Å². The second-order valence-electron chi connectivity index (χ2n) is 4.62. The van der Waals surface area contributed by atoms with Gasteiger partial charge in [0, 0.05) is 37.9 Å². The van der Waals surface area contributed by atoms with Crippen LogP contribution in [0.15, 0.2) is 18.6 Å². The summed E-state index contributed by atoms with van der Waals surface area (Å²) in [5, 5.41) is 0. The molecule has 0 spiro atoms. The molecular weight excluding hydrogens is 200 g/mol. The van der Waals surface area contributed by atoms with Crippen molar-refractivity contribution >= 4 is 5.65 Å². The van der Waals surface area contributed by atoms with Crippen LogP contribution in [0.3, 0.4) is 0 Å². The Balaban J connectivity index is 2.08. The number of hydrogen-bond donors (Lipinski definition) is 0. The molecule has 0 bridgehead atoms. The Morgan fingerprint density at radius 1 is 1.38 bits per heavy atom. The van der Waals surface area contributed by atoms with Gasteiger partial charge >= 0.3 is 0 Å². The van der Waals surface area contributed by atoms with Crippen molar-refractivity contribution in [2.45, 2.75) is 32.9 Å². The molecule has 0 saturated carbocycles. The largest absolute Gasteiger partial charge is 0.300 e. The Hall–Kier alpha value is -1.42. The van der Waals surface area contributed by atoms with E-state index >= 15 is 0 Å². The molecule has 0 saturated heterocycles. The van der Waals surface area contributed by atoms with E-state index in [9.17, 15) is 0 Å². The van der Waals surface area contributed by atoms with Crippen LogP contribution in [0.2, 0.25) is 0 Å². The predicted molar refractivity (Wildman–Crippen MR) is 62.2 cm³/mol. The summed E-state index contributed by atoms with van der Waals surface area (Å²) in [5.74, 6) is 0. The minimum absolute atomic E-state index is 0.598. The molecule has 3 rings (SSSR count). The first kappa shape index (κ1) is 9.78. The maximum absolute atomic E-state index is 4.62. The smallest absolute Gasteiger partial charge is 0.155 e. The lowest BCUT2D eigenvalue weighted by Crippen LogP contribution is -2.36. The van der Waals surface area contributed by atoms with Crippen LogP contribution in [0.5, 0.6) is 0 Å². The predicted octanol–water partition coefficient (Wildman–Crippen LogP) is 1.50. The minimum atomic E-state index is 0.598. The first-order valence-electron chi connectivity index (χ1n) is 5.79. The van der Waals surface area contributed by atoms with E-state index in [2.05, 4.69) is 33.1 Å². The zero-order chi connectivity index (χ0) is 11.1. The summed E-state index contributed by atoms with van der Waals surface area (Å²) in [4.78, 5) is 11.2. The van der Waals surface area contributed by atoms with E-state index < -0.39 is 0 Å². The van der Waals surface area contributed by atoms with Crippen LogP contribution >= 0.6 is 0 Å². The summed E-state index contributed by atoms with van der Waals surface area (Å²) in [5.41, 5.74) is 3.54. The molecule has 0 N–H and O–H groups in total. The summed E-state index contributed by atoms with van der Waals surface area (Å²) in [6, 6.07) is 0.598. The molecule has 4 nitrogen and oxygen atoms in total. The van der Waals surface area contributed by atoms with Crippen molar-refractivity contribution in [3.63, 3.8) is 0 Å². The fourth-order valence-electron chi connectivity index (χ4n) is 2.34. The standard InChI is InChI=1S/C12H16N4/c1-9(2)15-5-3-10-11(8-15)16-6-4-13-7-12(16)14-10/h4,6-7,9H,3,5,8H2,1-2H3. The summed E-state index contributed by atoms with van der Waals surface area (Å²) in [6.45, 7) is 6.60. The van der Waals surface area contributed by atoms with Gasteiger partial charge in [0.25, 0.3) is 0 Å². The van der Waals surface area contributed by atoms with Gasteiger partial charge in [0.15, 0.2) is 5.65 Å². The minimum Gasteiger partial charge on any atom is -0.300 e.